The van der Waals surface area contributed by atoms with Gasteiger partial charge >= 0.3 is 0 Å². The molecule has 1 heterocycles. The maximum absolute atomic E-state index is 6.34. The third-order valence-corrected chi connectivity index (χ3v) is 3.90. The zero-order valence-corrected chi connectivity index (χ0v) is 12.9. The van der Waals surface area contributed by atoms with Gasteiger partial charge in [0.1, 0.15) is 0 Å². The van der Waals surface area contributed by atoms with Gasteiger partial charge in [-0.3, -0.25) is 0 Å². The van der Waals surface area contributed by atoms with E-state index in [1.165, 1.54) is 11.3 Å². The van der Waals surface area contributed by atoms with Crippen LogP contribution in [0.1, 0.15) is 30.8 Å². The molecule has 18 heavy (non-hydrogen) atoms. The van der Waals surface area contributed by atoms with E-state index in [0.717, 1.165) is 34.6 Å². The summed E-state index contributed by atoms with van der Waals surface area (Å²) in [5, 5.41) is 6.16. The van der Waals surface area contributed by atoms with Gasteiger partial charge in [-0.05, 0) is 36.6 Å². The van der Waals surface area contributed by atoms with Crippen molar-refractivity contribution in [3.8, 4) is 5.69 Å². The lowest BCUT2D eigenvalue weighted by atomic mass is 10.2. The van der Waals surface area contributed by atoms with Gasteiger partial charge in [0.2, 0.25) is 0 Å². The van der Waals surface area contributed by atoms with E-state index in [4.69, 9.17) is 11.6 Å². The molecule has 0 bridgehead atoms. The van der Waals surface area contributed by atoms with Crippen molar-refractivity contribution in [2.24, 2.45) is 0 Å². The molecule has 0 aliphatic heterocycles. The second kappa shape index (κ2) is 5.89. The van der Waals surface area contributed by atoms with E-state index < -0.39 is 0 Å². The fraction of sp³-hybridized carbons (Fsp3) is 0.357. The van der Waals surface area contributed by atoms with E-state index >= 15 is 0 Å². The molecule has 0 saturated heterocycles. The Hall–Kier alpha value is -0.800. The fourth-order valence-electron chi connectivity index (χ4n) is 1.91. The molecule has 0 unspecified atom stereocenters. The van der Waals surface area contributed by atoms with Crippen molar-refractivity contribution in [3.05, 3.63) is 46.2 Å². The zero-order chi connectivity index (χ0) is 13.1. The van der Waals surface area contributed by atoms with E-state index in [1.807, 2.05) is 16.8 Å². The van der Waals surface area contributed by atoms with E-state index in [0.29, 0.717) is 0 Å². The maximum atomic E-state index is 6.34. The highest BCUT2D eigenvalue weighted by atomic mass is 79.9. The molecule has 0 atom stereocenters. The molecule has 0 N–H and O–H groups in total. The summed E-state index contributed by atoms with van der Waals surface area (Å²) >= 11 is 9.78. The van der Waals surface area contributed by atoms with Gasteiger partial charge in [0.15, 0.2) is 0 Å². The topological polar surface area (TPSA) is 17.8 Å². The molecule has 1 aromatic carbocycles. The molecule has 0 aliphatic rings. The van der Waals surface area contributed by atoms with Crippen LogP contribution in [-0.2, 0) is 18.2 Å². The predicted octanol–water partition coefficient (Wildman–Crippen LogP) is 4.55. The molecule has 1 aromatic heterocycles. The minimum absolute atomic E-state index is 0.743. The van der Waals surface area contributed by atoms with Gasteiger partial charge < -0.3 is 0 Å². The van der Waals surface area contributed by atoms with Crippen molar-refractivity contribution in [3.63, 3.8) is 0 Å². The molecule has 4 heteroatoms. The number of aromatic nitrogens is 2. The highest BCUT2D eigenvalue weighted by Crippen LogP contribution is 2.24. The van der Waals surface area contributed by atoms with E-state index in [-0.39, 0.29) is 0 Å². The third-order valence-electron chi connectivity index (χ3n) is 2.95. The summed E-state index contributed by atoms with van der Waals surface area (Å²) in [5.74, 6) is 0. The molecule has 0 radical (unpaired) electrons. The van der Waals surface area contributed by atoms with Crippen molar-refractivity contribution in [1.29, 1.82) is 0 Å². The van der Waals surface area contributed by atoms with Gasteiger partial charge in [-0.25, -0.2) is 4.68 Å². The lowest BCUT2D eigenvalue weighted by Crippen LogP contribution is -2.02. The molecule has 0 saturated carbocycles. The highest BCUT2D eigenvalue weighted by molar-refractivity contribution is 9.08. The Kier molecular flexibility index (Phi) is 4.46. The molecule has 2 aromatic rings. The Morgan fingerprint density at radius 1 is 1.22 bits per heavy atom. The minimum atomic E-state index is 0.743. The normalized spacial score (nSPS) is 10.9. The van der Waals surface area contributed by atoms with Crippen LogP contribution in [0, 0.1) is 0 Å². The first-order valence-corrected chi connectivity index (χ1v) is 7.62. The van der Waals surface area contributed by atoms with Gasteiger partial charge in [-0.2, -0.15) is 5.10 Å². The third kappa shape index (κ3) is 2.62. The summed E-state index contributed by atoms with van der Waals surface area (Å²) in [7, 11) is 0. The van der Waals surface area contributed by atoms with Gasteiger partial charge in [-0.1, -0.05) is 47.4 Å². The molecule has 2 rings (SSSR count). The number of hydrogen-bond donors (Lipinski definition) is 0. The number of aryl methyl sites for hydroxylation is 2. The fourth-order valence-corrected chi connectivity index (χ4v) is 2.55. The Labute approximate surface area is 121 Å². The van der Waals surface area contributed by atoms with Crippen molar-refractivity contribution in [2.75, 3.05) is 0 Å². The smallest absolute Gasteiger partial charge is 0.0835 e. The number of alkyl halides is 1. The first-order valence-electron chi connectivity index (χ1n) is 6.12. The average Bonchev–Trinajstić information content (AvgIpc) is 2.81. The number of rotatable bonds is 4. The van der Waals surface area contributed by atoms with Crippen molar-refractivity contribution < 1.29 is 0 Å². The minimum Gasteiger partial charge on any atom is -0.236 e. The second-order valence-electron chi connectivity index (χ2n) is 4.17. The van der Waals surface area contributed by atoms with Crippen molar-refractivity contribution in [1.82, 2.24) is 9.78 Å². The first kappa shape index (κ1) is 13.6. The van der Waals surface area contributed by atoms with E-state index in [1.54, 1.807) is 0 Å². The summed E-state index contributed by atoms with van der Waals surface area (Å²) in [5.41, 5.74) is 4.43. The maximum Gasteiger partial charge on any atom is 0.0835 e. The van der Waals surface area contributed by atoms with Crippen molar-refractivity contribution in [2.45, 2.75) is 32.0 Å². The molecular formula is C14H16BrClN2. The molecular weight excluding hydrogens is 312 g/mol. The van der Waals surface area contributed by atoms with Gasteiger partial charge in [-0.15, -0.1) is 0 Å². The van der Waals surface area contributed by atoms with Crippen LogP contribution in [0.3, 0.4) is 0 Å². The Morgan fingerprint density at radius 3 is 2.56 bits per heavy atom. The van der Waals surface area contributed by atoms with Crippen LogP contribution in [0.25, 0.3) is 5.69 Å². The Bertz CT molecular complexity index is 549. The molecule has 2 nitrogen and oxygen atoms in total. The van der Waals surface area contributed by atoms with E-state index in [2.05, 4.69) is 47.0 Å². The van der Waals surface area contributed by atoms with Crippen LogP contribution in [0.4, 0.5) is 0 Å². The summed E-state index contributed by atoms with van der Waals surface area (Å²) < 4.78 is 1.96. The quantitative estimate of drug-likeness (QED) is 0.754. The first-order chi connectivity index (χ1) is 8.69. The number of nitrogens with zero attached hydrogens (tertiary/aromatic N) is 2. The lowest BCUT2D eigenvalue weighted by molar-refractivity contribution is 0.794. The van der Waals surface area contributed by atoms with Crippen molar-refractivity contribution >= 4 is 27.5 Å². The van der Waals surface area contributed by atoms with Crippen LogP contribution >= 0.6 is 27.5 Å². The van der Waals surface area contributed by atoms with E-state index in [9.17, 15) is 0 Å². The predicted molar refractivity (Wildman–Crippen MR) is 80.0 cm³/mol. The lowest BCUT2D eigenvalue weighted by Gasteiger charge is -2.09. The average molecular weight is 328 g/mol. The molecule has 0 aliphatic carbocycles. The Balaban J connectivity index is 2.50. The summed E-state index contributed by atoms with van der Waals surface area (Å²) in [6.07, 6.45) is 1.89. The summed E-state index contributed by atoms with van der Waals surface area (Å²) in [4.78, 5) is 0. The molecule has 0 spiro atoms. The zero-order valence-electron chi connectivity index (χ0n) is 10.6. The van der Waals surface area contributed by atoms with Crippen LogP contribution in [-0.4, -0.2) is 9.78 Å². The van der Waals surface area contributed by atoms with Gasteiger partial charge in [0.05, 0.1) is 16.4 Å². The largest absolute Gasteiger partial charge is 0.236 e. The van der Waals surface area contributed by atoms with Gasteiger partial charge in [0.25, 0.3) is 0 Å². The van der Waals surface area contributed by atoms with Gasteiger partial charge in [0, 0.05) is 11.0 Å². The van der Waals surface area contributed by atoms with Crippen LogP contribution in [0.15, 0.2) is 24.3 Å². The SMILES string of the molecule is CCc1cc(CC)n(-c2ccc(CBr)cc2Cl)n1. The summed E-state index contributed by atoms with van der Waals surface area (Å²) in [6.45, 7) is 4.25. The van der Waals surface area contributed by atoms with Crippen LogP contribution in [0.2, 0.25) is 5.02 Å². The highest BCUT2D eigenvalue weighted by Gasteiger charge is 2.10. The van der Waals surface area contributed by atoms with Crippen LogP contribution in [0.5, 0.6) is 0 Å². The molecule has 96 valence electrons. The number of benzene rings is 1. The van der Waals surface area contributed by atoms with Crippen LogP contribution < -0.4 is 0 Å². The Morgan fingerprint density at radius 2 is 2.00 bits per heavy atom. The monoisotopic (exact) mass is 326 g/mol. The molecule has 0 amide bonds. The number of halogens is 2. The second-order valence-corrected chi connectivity index (χ2v) is 5.13. The standard InChI is InChI=1S/C14H16BrClN2/c1-3-11-8-12(4-2)18(17-11)14-6-5-10(9-15)7-13(14)16/h5-8H,3-4,9H2,1-2H3. The molecule has 0 fully saturated rings. The number of hydrogen-bond acceptors (Lipinski definition) is 1. The summed E-state index contributed by atoms with van der Waals surface area (Å²) in [6, 6.07) is 8.24.